The molecule has 0 unspecified atom stereocenters. The Morgan fingerprint density at radius 1 is 1.16 bits per heavy atom. The predicted octanol–water partition coefficient (Wildman–Crippen LogP) is 3.08. The van der Waals surface area contributed by atoms with Crippen molar-refractivity contribution in [1.82, 2.24) is 15.2 Å². The second kappa shape index (κ2) is 7.66. The van der Waals surface area contributed by atoms with Gasteiger partial charge in [0, 0.05) is 37.1 Å². The summed E-state index contributed by atoms with van der Waals surface area (Å²) in [5.41, 5.74) is 2.13. The van der Waals surface area contributed by atoms with Crippen LogP contribution >= 0.6 is 11.6 Å². The van der Waals surface area contributed by atoms with Gasteiger partial charge in [-0.1, -0.05) is 29.8 Å². The largest absolute Gasteiger partial charge is 0.349 e. The number of rotatable bonds is 3. The molecule has 1 aromatic heterocycles. The molecule has 130 valence electrons. The van der Waals surface area contributed by atoms with Crippen LogP contribution in [0.25, 0.3) is 0 Å². The van der Waals surface area contributed by atoms with E-state index in [0.29, 0.717) is 29.2 Å². The molecule has 0 bridgehead atoms. The summed E-state index contributed by atoms with van der Waals surface area (Å²) < 4.78 is 0. The highest BCUT2D eigenvalue weighted by atomic mass is 35.5. The Hall–Kier alpha value is -2.40. The lowest BCUT2D eigenvalue weighted by Gasteiger charge is -2.32. The quantitative estimate of drug-likeness (QED) is 0.918. The number of piperidine rings is 1. The highest BCUT2D eigenvalue weighted by Crippen LogP contribution is 2.19. The number of hydrogen-bond donors (Lipinski definition) is 1. The summed E-state index contributed by atoms with van der Waals surface area (Å²) in [6.45, 7) is 3.11. The number of aryl methyl sites for hydroxylation is 1. The number of carbonyl (C=O) groups is 2. The Kier molecular flexibility index (Phi) is 5.34. The van der Waals surface area contributed by atoms with Crippen molar-refractivity contribution in [3.63, 3.8) is 0 Å². The number of aromatic nitrogens is 1. The van der Waals surface area contributed by atoms with E-state index in [0.717, 1.165) is 18.4 Å². The number of benzene rings is 1. The van der Waals surface area contributed by atoms with Crippen molar-refractivity contribution >= 4 is 23.4 Å². The van der Waals surface area contributed by atoms with Crippen molar-refractivity contribution < 1.29 is 9.59 Å². The lowest BCUT2D eigenvalue weighted by molar-refractivity contribution is 0.0698. The van der Waals surface area contributed by atoms with Crippen molar-refractivity contribution in [2.24, 2.45) is 0 Å². The molecule has 0 atom stereocenters. The van der Waals surface area contributed by atoms with Gasteiger partial charge in [-0.05, 0) is 37.5 Å². The Balaban J connectivity index is 1.57. The van der Waals surface area contributed by atoms with Crippen LogP contribution in [0.4, 0.5) is 0 Å². The number of halogens is 1. The SMILES string of the molecule is Cc1ccccc1C(=O)NC1CCN(C(=O)c2ccncc2Cl)CC1. The number of likely N-dealkylation sites (tertiary alicyclic amines) is 1. The number of nitrogens with zero attached hydrogens (tertiary/aromatic N) is 2. The van der Waals surface area contributed by atoms with Crippen molar-refractivity contribution in [2.45, 2.75) is 25.8 Å². The molecule has 2 aromatic rings. The Labute approximate surface area is 152 Å². The van der Waals surface area contributed by atoms with Gasteiger partial charge < -0.3 is 10.2 Å². The maximum absolute atomic E-state index is 12.5. The van der Waals surface area contributed by atoms with Crippen LogP contribution in [0.1, 0.15) is 39.1 Å². The standard InChI is InChI=1S/C19H20ClN3O2/c1-13-4-2-3-5-15(13)18(24)22-14-7-10-23(11-8-14)19(25)16-6-9-21-12-17(16)20/h2-6,9,12,14H,7-8,10-11H2,1H3,(H,22,24). The molecule has 2 heterocycles. The zero-order valence-corrected chi connectivity index (χ0v) is 14.8. The van der Waals surface area contributed by atoms with Gasteiger partial charge >= 0.3 is 0 Å². The number of amides is 2. The lowest BCUT2D eigenvalue weighted by Crippen LogP contribution is -2.46. The number of pyridine rings is 1. The first kappa shape index (κ1) is 17.4. The van der Waals surface area contributed by atoms with Gasteiger partial charge in [0.05, 0.1) is 10.6 Å². The van der Waals surface area contributed by atoms with Crippen LogP contribution in [0.3, 0.4) is 0 Å². The van der Waals surface area contributed by atoms with Gasteiger partial charge in [-0.15, -0.1) is 0 Å². The first-order valence-corrected chi connectivity index (χ1v) is 8.69. The van der Waals surface area contributed by atoms with Crippen LogP contribution in [0, 0.1) is 6.92 Å². The zero-order chi connectivity index (χ0) is 17.8. The van der Waals surface area contributed by atoms with E-state index in [1.807, 2.05) is 31.2 Å². The molecule has 2 amide bonds. The molecule has 1 fully saturated rings. The van der Waals surface area contributed by atoms with E-state index in [2.05, 4.69) is 10.3 Å². The van der Waals surface area contributed by atoms with E-state index in [1.165, 1.54) is 6.20 Å². The Morgan fingerprint density at radius 3 is 2.56 bits per heavy atom. The predicted molar refractivity (Wildman–Crippen MR) is 96.8 cm³/mol. The number of nitrogens with one attached hydrogen (secondary N) is 1. The van der Waals surface area contributed by atoms with Crippen LogP contribution in [-0.2, 0) is 0 Å². The first-order valence-electron chi connectivity index (χ1n) is 8.31. The van der Waals surface area contributed by atoms with Crippen LogP contribution < -0.4 is 5.32 Å². The van der Waals surface area contributed by atoms with Crippen LogP contribution in [0.5, 0.6) is 0 Å². The van der Waals surface area contributed by atoms with E-state index < -0.39 is 0 Å². The lowest BCUT2D eigenvalue weighted by atomic mass is 10.0. The maximum atomic E-state index is 12.5. The van der Waals surface area contributed by atoms with E-state index in [4.69, 9.17) is 11.6 Å². The fourth-order valence-electron chi connectivity index (χ4n) is 3.04. The van der Waals surface area contributed by atoms with E-state index in [1.54, 1.807) is 17.2 Å². The highest BCUT2D eigenvalue weighted by Gasteiger charge is 2.26. The summed E-state index contributed by atoms with van der Waals surface area (Å²) in [5.74, 6) is -0.142. The van der Waals surface area contributed by atoms with Crippen molar-refractivity contribution in [2.75, 3.05) is 13.1 Å². The third-order valence-electron chi connectivity index (χ3n) is 4.51. The third kappa shape index (κ3) is 3.99. The summed E-state index contributed by atoms with van der Waals surface area (Å²) in [6, 6.07) is 9.24. The van der Waals surface area contributed by atoms with Crippen LogP contribution in [0.2, 0.25) is 5.02 Å². The van der Waals surface area contributed by atoms with E-state index in [9.17, 15) is 9.59 Å². The molecule has 3 rings (SSSR count). The summed E-state index contributed by atoms with van der Waals surface area (Å²) in [6.07, 6.45) is 4.50. The molecule has 0 spiro atoms. The number of hydrogen-bond acceptors (Lipinski definition) is 3. The molecule has 1 aliphatic heterocycles. The topological polar surface area (TPSA) is 62.3 Å². The molecule has 0 aliphatic carbocycles. The normalized spacial score (nSPS) is 15.0. The third-order valence-corrected chi connectivity index (χ3v) is 4.81. The molecule has 1 saturated heterocycles. The van der Waals surface area contributed by atoms with Crippen LogP contribution in [-0.4, -0.2) is 40.8 Å². The minimum Gasteiger partial charge on any atom is -0.349 e. The van der Waals surface area contributed by atoms with Crippen molar-refractivity contribution in [3.05, 3.63) is 64.4 Å². The van der Waals surface area contributed by atoms with Gasteiger partial charge in [0.1, 0.15) is 0 Å². The van der Waals surface area contributed by atoms with Gasteiger partial charge in [0.2, 0.25) is 0 Å². The van der Waals surface area contributed by atoms with Gasteiger partial charge in [0.15, 0.2) is 0 Å². The van der Waals surface area contributed by atoms with E-state index >= 15 is 0 Å². The molecule has 1 aromatic carbocycles. The average Bonchev–Trinajstić information content (AvgIpc) is 2.62. The summed E-state index contributed by atoms with van der Waals surface area (Å²) in [5, 5.41) is 3.44. The fourth-order valence-corrected chi connectivity index (χ4v) is 3.24. The minimum absolute atomic E-state index is 0.0555. The molecule has 1 aliphatic rings. The Morgan fingerprint density at radius 2 is 1.88 bits per heavy atom. The molecule has 0 saturated carbocycles. The van der Waals surface area contributed by atoms with E-state index in [-0.39, 0.29) is 17.9 Å². The second-order valence-electron chi connectivity index (χ2n) is 6.21. The first-order chi connectivity index (χ1) is 12.1. The average molecular weight is 358 g/mol. The van der Waals surface area contributed by atoms with Gasteiger partial charge in [-0.2, -0.15) is 0 Å². The monoisotopic (exact) mass is 357 g/mol. The molecular weight excluding hydrogens is 338 g/mol. The number of carbonyl (C=O) groups excluding carboxylic acids is 2. The molecular formula is C19H20ClN3O2. The minimum atomic E-state index is -0.0870. The molecule has 5 nitrogen and oxygen atoms in total. The van der Waals surface area contributed by atoms with Gasteiger partial charge in [-0.3, -0.25) is 14.6 Å². The smallest absolute Gasteiger partial charge is 0.255 e. The van der Waals surface area contributed by atoms with Crippen LogP contribution in [0.15, 0.2) is 42.7 Å². The van der Waals surface area contributed by atoms with Crippen molar-refractivity contribution in [3.8, 4) is 0 Å². The fraction of sp³-hybridized carbons (Fsp3) is 0.316. The van der Waals surface area contributed by atoms with Gasteiger partial charge in [0.25, 0.3) is 11.8 Å². The molecule has 6 heteroatoms. The summed E-state index contributed by atoms with van der Waals surface area (Å²) >= 11 is 6.05. The molecule has 0 radical (unpaired) electrons. The zero-order valence-electron chi connectivity index (χ0n) is 14.0. The highest BCUT2D eigenvalue weighted by molar-refractivity contribution is 6.33. The Bertz CT molecular complexity index is 786. The van der Waals surface area contributed by atoms with Crippen molar-refractivity contribution in [1.29, 1.82) is 0 Å². The summed E-state index contributed by atoms with van der Waals surface area (Å²) in [7, 11) is 0. The maximum Gasteiger partial charge on any atom is 0.255 e. The molecule has 1 N–H and O–H groups in total. The second-order valence-corrected chi connectivity index (χ2v) is 6.62. The summed E-state index contributed by atoms with van der Waals surface area (Å²) in [4.78, 5) is 30.6. The molecule has 25 heavy (non-hydrogen) atoms. The van der Waals surface area contributed by atoms with Gasteiger partial charge in [-0.25, -0.2) is 0 Å².